The van der Waals surface area contributed by atoms with Gasteiger partial charge >= 0.3 is 6.01 Å². The fourth-order valence-electron chi connectivity index (χ4n) is 4.30. The zero-order chi connectivity index (χ0) is 27.2. The fraction of sp³-hybridized carbons (Fsp3) is 0.286. The van der Waals surface area contributed by atoms with Crippen molar-refractivity contribution < 1.29 is 24.1 Å². The molecule has 3 heterocycles. The van der Waals surface area contributed by atoms with Crippen LogP contribution in [0.15, 0.2) is 60.8 Å². The monoisotopic (exact) mass is 549 g/mol. The number of likely N-dealkylation sites (tertiary alicyclic amines) is 1. The first-order chi connectivity index (χ1) is 19.0. The molecule has 2 aromatic heterocycles. The molecule has 0 unspecified atom stereocenters. The van der Waals surface area contributed by atoms with Crippen LogP contribution in [0.5, 0.6) is 17.5 Å². The number of rotatable bonds is 9. The maximum absolute atomic E-state index is 11.8. The highest BCUT2D eigenvalue weighted by Crippen LogP contribution is 2.33. The third-order valence-electron chi connectivity index (χ3n) is 6.38. The van der Waals surface area contributed by atoms with Gasteiger partial charge in [-0.1, -0.05) is 17.7 Å². The molecule has 1 aliphatic rings. The van der Waals surface area contributed by atoms with Gasteiger partial charge in [0.25, 0.3) is 0 Å². The van der Waals surface area contributed by atoms with Gasteiger partial charge < -0.3 is 29.5 Å². The summed E-state index contributed by atoms with van der Waals surface area (Å²) >= 11 is 6.52. The van der Waals surface area contributed by atoms with Gasteiger partial charge in [-0.2, -0.15) is 9.97 Å². The molecule has 10 nitrogen and oxygen atoms in total. The quantitative estimate of drug-likeness (QED) is 0.313. The van der Waals surface area contributed by atoms with Gasteiger partial charge in [0.15, 0.2) is 0 Å². The highest BCUT2D eigenvalue weighted by atomic mass is 35.5. The molecule has 1 fully saturated rings. The number of aliphatic hydroxyl groups is 1. The number of ether oxygens (including phenoxy) is 3. The number of aliphatic hydroxyl groups excluding tert-OH is 1. The van der Waals surface area contributed by atoms with Crippen molar-refractivity contribution in [2.75, 3.05) is 32.1 Å². The summed E-state index contributed by atoms with van der Waals surface area (Å²) in [6, 6.07) is 16.8. The maximum Gasteiger partial charge on any atom is 0.319 e. The van der Waals surface area contributed by atoms with E-state index in [1.165, 1.54) is 0 Å². The first-order valence-corrected chi connectivity index (χ1v) is 12.9. The molecule has 1 amide bonds. The lowest BCUT2D eigenvalue weighted by Gasteiger charge is -2.31. The summed E-state index contributed by atoms with van der Waals surface area (Å²) in [4.78, 5) is 26.9. The number of carbonyl (C=O) groups excluding carboxylic acids is 1. The van der Waals surface area contributed by atoms with Crippen molar-refractivity contribution in [1.29, 1.82) is 0 Å². The van der Waals surface area contributed by atoms with E-state index in [9.17, 15) is 4.79 Å². The number of piperidine rings is 1. The molecular formula is C28H28ClN5O5. The number of benzene rings is 2. The average Bonchev–Trinajstić information content (AvgIpc) is 2.97. The summed E-state index contributed by atoms with van der Waals surface area (Å²) in [5, 5.41) is 13.7. The van der Waals surface area contributed by atoms with Crippen LogP contribution >= 0.6 is 11.6 Å². The lowest BCUT2D eigenvalue weighted by atomic mass is 10.1. The molecule has 0 radical (unpaired) electrons. The molecule has 1 aliphatic heterocycles. The van der Waals surface area contributed by atoms with E-state index in [4.69, 9.17) is 30.9 Å². The minimum atomic E-state index is -0.489. The molecule has 0 spiro atoms. The molecular weight excluding hydrogens is 522 g/mol. The van der Waals surface area contributed by atoms with Gasteiger partial charge in [0.05, 0.1) is 23.3 Å². The van der Waals surface area contributed by atoms with E-state index in [2.05, 4.69) is 20.3 Å². The third-order valence-corrected chi connectivity index (χ3v) is 6.68. The van der Waals surface area contributed by atoms with Crippen molar-refractivity contribution >= 4 is 39.9 Å². The summed E-state index contributed by atoms with van der Waals surface area (Å²) in [6.45, 7) is 0.824. The number of carbonyl (C=O) groups is 1. The lowest BCUT2D eigenvalue weighted by Crippen LogP contribution is -2.43. The number of pyridine rings is 1. The smallest absolute Gasteiger partial charge is 0.319 e. The number of amides is 1. The van der Waals surface area contributed by atoms with E-state index >= 15 is 0 Å². The number of halogens is 1. The Morgan fingerprint density at radius 1 is 1.13 bits per heavy atom. The van der Waals surface area contributed by atoms with E-state index in [1.807, 2.05) is 42.5 Å². The van der Waals surface area contributed by atoms with Crippen LogP contribution in [0.3, 0.4) is 0 Å². The van der Waals surface area contributed by atoms with E-state index in [0.29, 0.717) is 66.1 Å². The van der Waals surface area contributed by atoms with Crippen LogP contribution in [0.2, 0.25) is 5.02 Å². The van der Waals surface area contributed by atoms with Crippen molar-refractivity contribution in [2.45, 2.75) is 25.6 Å². The molecule has 2 aromatic carbocycles. The summed E-state index contributed by atoms with van der Waals surface area (Å²) in [5.41, 5.74) is 2.16. The summed E-state index contributed by atoms with van der Waals surface area (Å²) in [5.74, 6) is 1.47. The van der Waals surface area contributed by atoms with Gasteiger partial charge in [-0.25, -0.2) is 0 Å². The first kappa shape index (κ1) is 26.5. The van der Waals surface area contributed by atoms with Crippen LogP contribution in [-0.4, -0.2) is 63.8 Å². The number of nitrogens with one attached hydrogen (secondary N) is 1. The van der Waals surface area contributed by atoms with E-state index in [-0.39, 0.29) is 18.0 Å². The molecule has 2 N–H and O–H groups in total. The normalized spacial score (nSPS) is 13.8. The van der Waals surface area contributed by atoms with Crippen molar-refractivity contribution in [3.8, 4) is 17.5 Å². The molecule has 0 saturated carbocycles. The number of aromatic nitrogens is 3. The minimum absolute atomic E-state index is 0.159. The number of nitrogens with zero attached hydrogens (tertiary/aromatic N) is 4. The topological polar surface area (TPSA) is 119 Å². The molecule has 202 valence electrons. The van der Waals surface area contributed by atoms with Crippen molar-refractivity contribution in [3.63, 3.8) is 0 Å². The second-order valence-corrected chi connectivity index (χ2v) is 9.38. The summed E-state index contributed by atoms with van der Waals surface area (Å²) < 4.78 is 17.4. The van der Waals surface area contributed by atoms with Gasteiger partial charge in [-0.3, -0.25) is 9.78 Å². The van der Waals surface area contributed by atoms with Crippen molar-refractivity contribution in [1.82, 2.24) is 19.9 Å². The van der Waals surface area contributed by atoms with Crippen LogP contribution in [0.25, 0.3) is 10.9 Å². The zero-order valence-corrected chi connectivity index (χ0v) is 22.1. The SMILES string of the molecule is COc1ccc2c(Nc3ccc(OCc4ccccn4)c(Cl)c3)nc(OC3CCN(C(=O)CO)CC3)nc2c1. The zero-order valence-electron chi connectivity index (χ0n) is 21.3. The molecule has 5 rings (SSSR count). The number of anilines is 2. The van der Waals surface area contributed by atoms with E-state index < -0.39 is 6.61 Å². The molecule has 0 bridgehead atoms. The number of methoxy groups -OCH3 is 1. The molecule has 39 heavy (non-hydrogen) atoms. The Morgan fingerprint density at radius 2 is 1.97 bits per heavy atom. The minimum Gasteiger partial charge on any atom is -0.497 e. The summed E-state index contributed by atoms with van der Waals surface area (Å²) in [6.07, 6.45) is 2.79. The standard InChI is InChI=1S/C28H28ClN5O5/c1-37-21-6-7-22-24(15-21)32-28(39-20-9-12-34(13-10-20)26(36)16-35)33-27(22)31-18-5-8-25(23(29)14-18)38-17-19-4-2-3-11-30-19/h2-8,11,14-15,20,35H,9-10,12-13,16-17H2,1H3,(H,31,32,33). The maximum atomic E-state index is 11.8. The Kier molecular flexibility index (Phi) is 8.24. The second kappa shape index (κ2) is 12.1. The van der Waals surface area contributed by atoms with Crippen molar-refractivity contribution in [3.05, 3.63) is 71.5 Å². The van der Waals surface area contributed by atoms with Gasteiger partial charge in [0, 0.05) is 49.3 Å². The lowest BCUT2D eigenvalue weighted by molar-refractivity contribution is -0.135. The van der Waals surface area contributed by atoms with Gasteiger partial charge in [0.2, 0.25) is 5.91 Å². The van der Waals surface area contributed by atoms with Crippen LogP contribution in [0, 0.1) is 0 Å². The predicted molar refractivity (Wildman–Crippen MR) is 147 cm³/mol. The highest BCUT2D eigenvalue weighted by Gasteiger charge is 2.24. The first-order valence-electron chi connectivity index (χ1n) is 12.5. The largest absolute Gasteiger partial charge is 0.497 e. The van der Waals surface area contributed by atoms with E-state index in [0.717, 1.165) is 11.1 Å². The Balaban J connectivity index is 1.35. The van der Waals surface area contributed by atoms with Crippen molar-refractivity contribution in [2.24, 2.45) is 0 Å². The Bertz CT molecular complexity index is 1450. The molecule has 1 saturated heterocycles. The highest BCUT2D eigenvalue weighted by molar-refractivity contribution is 6.32. The molecule has 0 aliphatic carbocycles. The molecule has 4 aromatic rings. The van der Waals surface area contributed by atoms with Crippen LogP contribution in [0.4, 0.5) is 11.5 Å². The third kappa shape index (κ3) is 6.47. The van der Waals surface area contributed by atoms with Gasteiger partial charge in [-0.05, 0) is 42.5 Å². The fourth-order valence-corrected chi connectivity index (χ4v) is 4.54. The number of hydrogen-bond acceptors (Lipinski definition) is 9. The van der Waals surface area contributed by atoms with Crippen LogP contribution in [-0.2, 0) is 11.4 Å². The Hall–Kier alpha value is -4.15. The van der Waals surface area contributed by atoms with Crippen LogP contribution in [0.1, 0.15) is 18.5 Å². The predicted octanol–water partition coefficient (Wildman–Crippen LogP) is 4.37. The number of hydrogen-bond donors (Lipinski definition) is 2. The van der Waals surface area contributed by atoms with Crippen LogP contribution < -0.4 is 19.5 Å². The van der Waals surface area contributed by atoms with Gasteiger partial charge in [-0.15, -0.1) is 0 Å². The second-order valence-electron chi connectivity index (χ2n) is 8.97. The average molecular weight is 550 g/mol. The Labute approximate surface area is 230 Å². The summed E-state index contributed by atoms with van der Waals surface area (Å²) in [7, 11) is 1.60. The van der Waals surface area contributed by atoms with Gasteiger partial charge in [0.1, 0.15) is 36.6 Å². The molecule has 11 heteroatoms. The van der Waals surface area contributed by atoms with E-state index in [1.54, 1.807) is 30.3 Å². The number of fused-ring (bicyclic) bond motifs is 1. The Morgan fingerprint density at radius 3 is 2.69 bits per heavy atom. The molecule has 0 atom stereocenters.